The zero-order valence-corrected chi connectivity index (χ0v) is 10.2. The molecule has 0 radical (unpaired) electrons. The number of aromatic nitrogens is 1. The SMILES string of the molecule is O=CC1CCCCN1c1nccc2ccccc12. The van der Waals surface area contributed by atoms with Gasteiger partial charge in [0.15, 0.2) is 0 Å². The molecule has 0 spiro atoms. The van der Waals surface area contributed by atoms with Gasteiger partial charge in [-0.05, 0) is 30.7 Å². The average Bonchev–Trinajstić information content (AvgIpc) is 2.46. The van der Waals surface area contributed by atoms with Crippen molar-refractivity contribution in [3.8, 4) is 0 Å². The van der Waals surface area contributed by atoms with Crippen molar-refractivity contribution >= 4 is 22.9 Å². The summed E-state index contributed by atoms with van der Waals surface area (Å²) in [7, 11) is 0. The fourth-order valence-corrected chi connectivity index (χ4v) is 2.69. The van der Waals surface area contributed by atoms with Gasteiger partial charge in [-0.25, -0.2) is 4.98 Å². The highest BCUT2D eigenvalue weighted by Crippen LogP contribution is 2.28. The number of hydrogen-bond donors (Lipinski definition) is 0. The van der Waals surface area contributed by atoms with E-state index in [0.717, 1.165) is 43.3 Å². The van der Waals surface area contributed by atoms with Gasteiger partial charge in [-0.3, -0.25) is 0 Å². The van der Waals surface area contributed by atoms with Crippen LogP contribution < -0.4 is 4.90 Å². The van der Waals surface area contributed by atoms with E-state index in [4.69, 9.17) is 0 Å². The number of carbonyl (C=O) groups excluding carboxylic acids is 1. The van der Waals surface area contributed by atoms with E-state index in [9.17, 15) is 4.79 Å². The van der Waals surface area contributed by atoms with Gasteiger partial charge >= 0.3 is 0 Å². The van der Waals surface area contributed by atoms with Crippen molar-refractivity contribution in [3.05, 3.63) is 36.5 Å². The molecule has 1 fully saturated rings. The number of anilines is 1. The molecule has 2 heterocycles. The molecule has 1 saturated heterocycles. The van der Waals surface area contributed by atoms with Crippen LogP contribution >= 0.6 is 0 Å². The van der Waals surface area contributed by atoms with Gasteiger partial charge < -0.3 is 9.69 Å². The second-order valence-corrected chi connectivity index (χ2v) is 4.75. The lowest BCUT2D eigenvalue weighted by Crippen LogP contribution is -2.41. The maximum Gasteiger partial charge on any atom is 0.142 e. The maximum atomic E-state index is 11.2. The van der Waals surface area contributed by atoms with Crippen molar-refractivity contribution in [3.63, 3.8) is 0 Å². The second-order valence-electron chi connectivity index (χ2n) is 4.75. The Bertz CT molecular complexity index is 562. The lowest BCUT2D eigenvalue weighted by atomic mass is 10.0. The van der Waals surface area contributed by atoms with Crippen LogP contribution in [0.25, 0.3) is 10.8 Å². The maximum absolute atomic E-state index is 11.2. The molecule has 1 aromatic carbocycles. The number of rotatable bonds is 2. The number of pyridine rings is 1. The highest BCUT2D eigenvalue weighted by molar-refractivity contribution is 5.93. The quantitative estimate of drug-likeness (QED) is 0.757. The summed E-state index contributed by atoms with van der Waals surface area (Å²) in [4.78, 5) is 17.9. The molecule has 1 aliphatic rings. The summed E-state index contributed by atoms with van der Waals surface area (Å²) < 4.78 is 0. The molecule has 0 N–H and O–H groups in total. The molecular formula is C15H16N2O. The van der Waals surface area contributed by atoms with Crippen molar-refractivity contribution in [2.75, 3.05) is 11.4 Å². The van der Waals surface area contributed by atoms with Gasteiger partial charge in [0.05, 0.1) is 6.04 Å². The molecular weight excluding hydrogens is 224 g/mol. The summed E-state index contributed by atoms with van der Waals surface area (Å²) in [6, 6.07) is 10.2. The topological polar surface area (TPSA) is 33.2 Å². The number of aldehydes is 1. The molecule has 92 valence electrons. The average molecular weight is 240 g/mol. The van der Waals surface area contributed by atoms with Gasteiger partial charge in [0.25, 0.3) is 0 Å². The number of carbonyl (C=O) groups is 1. The first-order valence-corrected chi connectivity index (χ1v) is 6.46. The third kappa shape index (κ3) is 1.86. The van der Waals surface area contributed by atoms with Gasteiger partial charge in [-0.15, -0.1) is 0 Å². The van der Waals surface area contributed by atoms with Crippen LogP contribution in [0, 0.1) is 0 Å². The second kappa shape index (κ2) is 4.77. The normalized spacial score (nSPS) is 20.0. The summed E-state index contributed by atoms with van der Waals surface area (Å²) in [6.45, 7) is 0.921. The van der Waals surface area contributed by atoms with Gasteiger partial charge in [-0.2, -0.15) is 0 Å². The summed E-state index contributed by atoms with van der Waals surface area (Å²) >= 11 is 0. The third-order valence-corrected chi connectivity index (χ3v) is 3.63. The highest BCUT2D eigenvalue weighted by Gasteiger charge is 2.24. The summed E-state index contributed by atoms with van der Waals surface area (Å²) in [5.41, 5.74) is 0. The van der Waals surface area contributed by atoms with Crippen LogP contribution in [0.3, 0.4) is 0 Å². The number of benzene rings is 1. The molecule has 1 aliphatic heterocycles. The van der Waals surface area contributed by atoms with Crippen LogP contribution in [-0.2, 0) is 4.79 Å². The zero-order valence-electron chi connectivity index (χ0n) is 10.2. The smallest absolute Gasteiger partial charge is 0.142 e. The van der Waals surface area contributed by atoms with E-state index in [1.54, 1.807) is 0 Å². The molecule has 0 bridgehead atoms. The lowest BCUT2D eigenvalue weighted by molar-refractivity contribution is -0.109. The van der Waals surface area contributed by atoms with E-state index in [2.05, 4.69) is 22.0 Å². The fraction of sp³-hybridized carbons (Fsp3) is 0.333. The van der Waals surface area contributed by atoms with E-state index >= 15 is 0 Å². The molecule has 1 aromatic heterocycles. The first kappa shape index (κ1) is 11.2. The Kier molecular flexibility index (Phi) is 2.97. The molecule has 1 atom stereocenters. The molecule has 3 heteroatoms. The van der Waals surface area contributed by atoms with E-state index in [1.165, 1.54) is 5.39 Å². The minimum Gasteiger partial charge on any atom is -0.346 e. The van der Waals surface area contributed by atoms with E-state index in [0.29, 0.717) is 0 Å². The van der Waals surface area contributed by atoms with Gasteiger partial charge in [-0.1, -0.05) is 24.3 Å². The van der Waals surface area contributed by atoms with Crippen molar-refractivity contribution in [2.45, 2.75) is 25.3 Å². The minimum absolute atomic E-state index is 0.0166. The number of fused-ring (bicyclic) bond motifs is 1. The zero-order chi connectivity index (χ0) is 12.4. The molecule has 18 heavy (non-hydrogen) atoms. The molecule has 3 nitrogen and oxygen atoms in total. The number of nitrogens with zero attached hydrogens (tertiary/aromatic N) is 2. The van der Waals surface area contributed by atoms with E-state index < -0.39 is 0 Å². The molecule has 3 rings (SSSR count). The van der Waals surface area contributed by atoms with Crippen LogP contribution in [0.2, 0.25) is 0 Å². The first-order chi connectivity index (χ1) is 8.90. The molecule has 1 unspecified atom stereocenters. The Hall–Kier alpha value is -1.90. The summed E-state index contributed by atoms with van der Waals surface area (Å²) in [5, 5.41) is 2.31. The van der Waals surface area contributed by atoms with Crippen molar-refractivity contribution < 1.29 is 4.79 Å². The Balaban J connectivity index is 2.10. The van der Waals surface area contributed by atoms with Gasteiger partial charge in [0.1, 0.15) is 12.1 Å². The van der Waals surface area contributed by atoms with Crippen molar-refractivity contribution in [1.82, 2.24) is 4.98 Å². The largest absolute Gasteiger partial charge is 0.346 e. The molecule has 0 aliphatic carbocycles. The Morgan fingerprint density at radius 1 is 1.22 bits per heavy atom. The third-order valence-electron chi connectivity index (χ3n) is 3.63. The van der Waals surface area contributed by atoms with E-state index in [-0.39, 0.29) is 6.04 Å². The van der Waals surface area contributed by atoms with Crippen LogP contribution in [0.4, 0.5) is 5.82 Å². The van der Waals surface area contributed by atoms with Crippen molar-refractivity contribution in [2.24, 2.45) is 0 Å². The van der Waals surface area contributed by atoms with Crippen LogP contribution in [0.5, 0.6) is 0 Å². The molecule has 2 aromatic rings. The number of piperidine rings is 1. The molecule has 0 amide bonds. The summed E-state index contributed by atoms with van der Waals surface area (Å²) in [5.74, 6) is 0.949. The monoisotopic (exact) mass is 240 g/mol. The van der Waals surface area contributed by atoms with E-state index in [1.807, 2.05) is 24.4 Å². The highest BCUT2D eigenvalue weighted by atomic mass is 16.1. The lowest BCUT2D eigenvalue weighted by Gasteiger charge is -2.33. The molecule has 0 saturated carbocycles. The van der Waals surface area contributed by atoms with Crippen molar-refractivity contribution in [1.29, 1.82) is 0 Å². The van der Waals surface area contributed by atoms with Crippen LogP contribution in [0.15, 0.2) is 36.5 Å². The Morgan fingerprint density at radius 2 is 2.11 bits per heavy atom. The predicted molar refractivity (Wildman–Crippen MR) is 72.8 cm³/mol. The predicted octanol–water partition coefficient (Wildman–Crippen LogP) is 2.79. The minimum atomic E-state index is -0.0166. The Labute approximate surface area is 106 Å². The van der Waals surface area contributed by atoms with Gasteiger partial charge in [0, 0.05) is 18.1 Å². The summed E-state index contributed by atoms with van der Waals surface area (Å²) in [6.07, 6.45) is 6.09. The van der Waals surface area contributed by atoms with Crippen LogP contribution in [0.1, 0.15) is 19.3 Å². The standard InChI is InChI=1S/C15H16N2O/c18-11-13-6-3-4-10-17(13)15-14-7-2-1-5-12(14)8-9-16-15/h1-2,5,7-9,11,13H,3-4,6,10H2. The fourth-order valence-electron chi connectivity index (χ4n) is 2.69. The number of hydrogen-bond acceptors (Lipinski definition) is 3. The van der Waals surface area contributed by atoms with Crippen LogP contribution in [-0.4, -0.2) is 23.9 Å². The van der Waals surface area contributed by atoms with Gasteiger partial charge in [0.2, 0.25) is 0 Å². The first-order valence-electron chi connectivity index (χ1n) is 6.46. The Morgan fingerprint density at radius 3 is 3.00 bits per heavy atom.